The van der Waals surface area contributed by atoms with Crippen molar-refractivity contribution in [2.45, 2.75) is 13.3 Å². The number of hydrogen-bond acceptors (Lipinski definition) is 5. The van der Waals surface area contributed by atoms with E-state index in [9.17, 15) is 14.9 Å². The number of rotatable bonds is 5. The van der Waals surface area contributed by atoms with Crippen molar-refractivity contribution in [3.8, 4) is 0 Å². The zero-order chi connectivity index (χ0) is 18.7. The van der Waals surface area contributed by atoms with Crippen molar-refractivity contribution in [2.75, 3.05) is 5.32 Å². The van der Waals surface area contributed by atoms with Gasteiger partial charge in [-0.25, -0.2) is 4.98 Å². The first-order valence-electron chi connectivity index (χ1n) is 7.68. The second kappa shape index (κ2) is 7.63. The zero-order valence-electron chi connectivity index (χ0n) is 13.7. The highest BCUT2D eigenvalue weighted by Crippen LogP contribution is 2.25. The molecule has 0 saturated heterocycles. The first kappa shape index (κ1) is 18.0. The van der Waals surface area contributed by atoms with Crippen LogP contribution in [-0.4, -0.2) is 15.8 Å². The summed E-state index contributed by atoms with van der Waals surface area (Å²) in [4.78, 5) is 28.1. The maximum Gasteiger partial charge on any atom is 0.273 e. The minimum absolute atomic E-state index is 0.0848. The molecule has 26 heavy (non-hydrogen) atoms. The van der Waals surface area contributed by atoms with Crippen molar-refractivity contribution < 1.29 is 9.72 Å². The Bertz CT molecular complexity index is 987. The highest BCUT2D eigenvalue weighted by molar-refractivity contribution is 7.15. The fourth-order valence-corrected chi connectivity index (χ4v) is 3.58. The SMILES string of the molecule is Cc1c(C(=O)Nc2ncc(Cc3cccc(Cl)c3)s2)cccc1[N+](=O)[O-]. The van der Waals surface area contributed by atoms with Gasteiger partial charge in [-0.05, 0) is 30.7 Å². The van der Waals surface area contributed by atoms with Crippen LogP contribution in [-0.2, 0) is 6.42 Å². The summed E-state index contributed by atoms with van der Waals surface area (Å²) in [6, 6.07) is 12.0. The fourth-order valence-electron chi connectivity index (χ4n) is 2.53. The van der Waals surface area contributed by atoms with Crippen LogP contribution in [0.4, 0.5) is 10.8 Å². The maximum absolute atomic E-state index is 12.4. The Morgan fingerprint density at radius 2 is 2.08 bits per heavy atom. The highest BCUT2D eigenvalue weighted by atomic mass is 35.5. The van der Waals surface area contributed by atoms with Gasteiger partial charge in [0.1, 0.15) is 0 Å². The third-order valence-corrected chi connectivity index (χ3v) is 4.94. The number of carbonyl (C=O) groups excluding carboxylic acids is 1. The first-order valence-corrected chi connectivity index (χ1v) is 8.88. The molecule has 1 N–H and O–H groups in total. The van der Waals surface area contributed by atoms with Crippen molar-refractivity contribution in [3.63, 3.8) is 0 Å². The van der Waals surface area contributed by atoms with E-state index in [0.29, 0.717) is 22.1 Å². The first-order chi connectivity index (χ1) is 12.4. The standard InChI is InChI=1S/C18H14ClN3O3S/c1-11-15(6-3-7-16(11)22(24)25)17(23)21-18-20-10-14(26-18)9-12-4-2-5-13(19)8-12/h2-8,10H,9H2,1H3,(H,20,21,23). The van der Waals surface area contributed by atoms with Gasteiger partial charge in [0.25, 0.3) is 11.6 Å². The minimum Gasteiger partial charge on any atom is -0.298 e. The molecule has 0 fully saturated rings. The molecule has 0 aliphatic heterocycles. The molecule has 0 unspecified atom stereocenters. The summed E-state index contributed by atoms with van der Waals surface area (Å²) in [5, 5.41) is 14.8. The van der Waals surface area contributed by atoms with Crippen molar-refractivity contribution in [1.29, 1.82) is 0 Å². The summed E-state index contributed by atoms with van der Waals surface area (Å²) in [6.45, 7) is 1.56. The third-order valence-electron chi connectivity index (χ3n) is 3.79. The molecule has 1 amide bonds. The molecule has 6 nitrogen and oxygen atoms in total. The average Bonchev–Trinajstić information content (AvgIpc) is 3.01. The monoisotopic (exact) mass is 387 g/mol. The molecule has 2 aromatic carbocycles. The number of amides is 1. The van der Waals surface area contributed by atoms with Crippen LogP contribution in [0, 0.1) is 17.0 Å². The molecule has 132 valence electrons. The van der Waals surface area contributed by atoms with Gasteiger partial charge in [0, 0.05) is 39.7 Å². The Labute approximate surface area is 158 Å². The topological polar surface area (TPSA) is 85.1 Å². The van der Waals surface area contributed by atoms with Crippen LogP contribution in [0.3, 0.4) is 0 Å². The predicted octanol–water partition coefficient (Wildman–Crippen LogP) is 4.86. The molecule has 0 aliphatic carbocycles. The van der Waals surface area contributed by atoms with Crippen molar-refractivity contribution in [2.24, 2.45) is 0 Å². The number of benzene rings is 2. The third kappa shape index (κ3) is 4.07. The van der Waals surface area contributed by atoms with Crippen LogP contribution in [0.2, 0.25) is 5.02 Å². The lowest BCUT2D eigenvalue weighted by atomic mass is 10.1. The number of nitro benzene ring substituents is 1. The van der Waals surface area contributed by atoms with Gasteiger partial charge in [-0.15, -0.1) is 11.3 Å². The van der Waals surface area contributed by atoms with E-state index in [2.05, 4.69) is 10.3 Å². The van der Waals surface area contributed by atoms with E-state index in [0.717, 1.165) is 10.4 Å². The summed E-state index contributed by atoms with van der Waals surface area (Å²) in [5.41, 5.74) is 1.54. The number of carbonyl (C=O) groups is 1. The average molecular weight is 388 g/mol. The lowest BCUT2D eigenvalue weighted by Crippen LogP contribution is -2.13. The van der Waals surface area contributed by atoms with Gasteiger partial charge in [0.2, 0.25) is 0 Å². The molecule has 8 heteroatoms. The van der Waals surface area contributed by atoms with Crippen LogP contribution in [0.25, 0.3) is 0 Å². The second-order valence-electron chi connectivity index (χ2n) is 5.60. The number of thiazole rings is 1. The zero-order valence-corrected chi connectivity index (χ0v) is 15.3. The number of nitrogens with one attached hydrogen (secondary N) is 1. The number of nitro groups is 1. The molecule has 0 bridgehead atoms. The Kier molecular flexibility index (Phi) is 5.29. The van der Waals surface area contributed by atoms with E-state index >= 15 is 0 Å². The second-order valence-corrected chi connectivity index (χ2v) is 7.15. The molecule has 1 heterocycles. The van der Waals surface area contributed by atoms with E-state index in [4.69, 9.17) is 11.6 Å². The maximum atomic E-state index is 12.4. The fraction of sp³-hybridized carbons (Fsp3) is 0.111. The number of nitrogens with zero attached hydrogens (tertiary/aromatic N) is 2. The van der Waals surface area contributed by atoms with Crippen LogP contribution >= 0.6 is 22.9 Å². The molecule has 0 atom stereocenters. The number of anilines is 1. The van der Waals surface area contributed by atoms with Gasteiger partial charge in [0.05, 0.1) is 4.92 Å². The molecule has 0 spiro atoms. The van der Waals surface area contributed by atoms with Gasteiger partial charge in [-0.3, -0.25) is 20.2 Å². The quantitative estimate of drug-likeness (QED) is 0.500. The summed E-state index contributed by atoms with van der Waals surface area (Å²) in [6.07, 6.45) is 2.35. The van der Waals surface area contributed by atoms with Crippen molar-refractivity contribution >= 4 is 39.7 Å². The van der Waals surface area contributed by atoms with E-state index in [1.54, 1.807) is 19.2 Å². The number of halogens is 1. The molecule has 3 rings (SSSR count). The summed E-state index contributed by atoms with van der Waals surface area (Å²) < 4.78 is 0. The summed E-state index contributed by atoms with van der Waals surface area (Å²) >= 11 is 7.34. The summed E-state index contributed by atoms with van der Waals surface area (Å²) in [7, 11) is 0. The van der Waals surface area contributed by atoms with Crippen LogP contribution < -0.4 is 5.32 Å². The van der Waals surface area contributed by atoms with E-state index in [1.807, 2.05) is 24.3 Å². The molecule has 0 radical (unpaired) electrons. The molecule has 1 aromatic heterocycles. The largest absolute Gasteiger partial charge is 0.298 e. The van der Waals surface area contributed by atoms with E-state index < -0.39 is 10.8 Å². The predicted molar refractivity (Wildman–Crippen MR) is 102 cm³/mol. The van der Waals surface area contributed by atoms with Crippen molar-refractivity contribution in [3.05, 3.63) is 85.4 Å². The Morgan fingerprint density at radius 1 is 1.31 bits per heavy atom. The van der Waals surface area contributed by atoms with Crippen LogP contribution in [0.1, 0.15) is 26.4 Å². The lowest BCUT2D eigenvalue weighted by Gasteiger charge is -2.05. The summed E-state index contributed by atoms with van der Waals surface area (Å²) in [5.74, 6) is -0.421. The molecular weight excluding hydrogens is 374 g/mol. The minimum atomic E-state index is -0.501. The Hall–Kier alpha value is -2.77. The number of hydrogen-bond donors (Lipinski definition) is 1. The number of aromatic nitrogens is 1. The molecule has 3 aromatic rings. The highest BCUT2D eigenvalue weighted by Gasteiger charge is 2.18. The normalized spacial score (nSPS) is 10.5. The van der Waals surface area contributed by atoms with Gasteiger partial charge < -0.3 is 0 Å². The smallest absolute Gasteiger partial charge is 0.273 e. The van der Waals surface area contributed by atoms with E-state index in [1.165, 1.54) is 23.5 Å². The lowest BCUT2D eigenvalue weighted by molar-refractivity contribution is -0.385. The molecule has 0 aliphatic rings. The van der Waals surface area contributed by atoms with Gasteiger partial charge in [-0.2, -0.15) is 0 Å². The Balaban J connectivity index is 1.74. The van der Waals surface area contributed by atoms with E-state index in [-0.39, 0.29) is 11.3 Å². The molecule has 0 saturated carbocycles. The van der Waals surface area contributed by atoms with Crippen LogP contribution in [0.15, 0.2) is 48.7 Å². The van der Waals surface area contributed by atoms with Crippen LogP contribution in [0.5, 0.6) is 0 Å². The van der Waals surface area contributed by atoms with Gasteiger partial charge in [-0.1, -0.05) is 29.8 Å². The Morgan fingerprint density at radius 3 is 2.81 bits per heavy atom. The van der Waals surface area contributed by atoms with Crippen molar-refractivity contribution in [1.82, 2.24) is 4.98 Å². The molecular formula is C18H14ClN3O3S. The van der Waals surface area contributed by atoms with Gasteiger partial charge in [0.15, 0.2) is 5.13 Å². The van der Waals surface area contributed by atoms with Gasteiger partial charge >= 0.3 is 0 Å².